The summed E-state index contributed by atoms with van der Waals surface area (Å²) < 4.78 is 38.6. The maximum Gasteiger partial charge on any atom is 0.313 e. The number of sulfonamides is 1. The van der Waals surface area contributed by atoms with Crippen molar-refractivity contribution >= 4 is 38.3 Å². The Hall–Kier alpha value is -2.56. The van der Waals surface area contributed by atoms with Gasteiger partial charge in [-0.05, 0) is 42.7 Å². The van der Waals surface area contributed by atoms with Crippen molar-refractivity contribution in [3.05, 3.63) is 60.2 Å². The van der Waals surface area contributed by atoms with Crippen LogP contribution in [0.5, 0.6) is 0 Å². The average Bonchev–Trinajstić information content (AvgIpc) is 3.51. The Bertz CT molecular complexity index is 1040. The quantitative estimate of drug-likeness (QED) is 0.525. The molecule has 2 unspecified atom stereocenters. The highest BCUT2D eigenvalue weighted by Crippen LogP contribution is 2.23. The maximum absolute atomic E-state index is 12.3. The second-order valence-electron chi connectivity index (χ2n) is 7.05. The number of anilines is 1. The van der Waals surface area contributed by atoms with Gasteiger partial charge in [-0.2, -0.15) is 0 Å². The molecular formula is C20H23N3O5S2. The van der Waals surface area contributed by atoms with Crippen LogP contribution >= 0.6 is 0 Å². The summed E-state index contributed by atoms with van der Waals surface area (Å²) in [5, 5.41) is 5.04. The van der Waals surface area contributed by atoms with E-state index in [-0.39, 0.29) is 22.4 Å². The molecule has 0 radical (unpaired) electrons. The monoisotopic (exact) mass is 449 g/mol. The summed E-state index contributed by atoms with van der Waals surface area (Å²) in [6.07, 6.45) is 3.19. The van der Waals surface area contributed by atoms with E-state index in [1.807, 2.05) is 6.07 Å². The van der Waals surface area contributed by atoms with Crippen molar-refractivity contribution in [2.24, 2.45) is 0 Å². The van der Waals surface area contributed by atoms with E-state index in [1.165, 1.54) is 30.5 Å². The van der Waals surface area contributed by atoms with E-state index in [1.54, 1.807) is 24.3 Å². The molecule has 2 aromatic rings. The first-order valence-electron chi connectivity index (χ1n) is 9.34. The summed E-state index contributed by atoms with van der Waals surface area (Å²) in [6, 6.07) is 14.0. The molecule has 0 saturated heterocycles. The highest BCUT2D eigenvalue weighted by Gasteiger charge is 2.28. The Balaban J connectivity index is 1.63. The number of nitrogens with one attached hydrogen (secondary N) is 3. The van der Waals surface area contributed by atoms with Crippen LogP contribution in [0, 0.1) is 0 Å². The lowest BCUT2D eigenvalue weighted by atomic mass is 10.1. The molecule has 2 aromatic carbocycles. The zero-order chi connectivity index (χ0) is 21.7. The molecule has 1 aliphatic carbocycles. The Morgan fingerprint density at radius 1 is 1.03 bits per heavy atom. The smallest absolute Gasteiger partial charge is 0.313 e. The normalized spacial score (nSPS) is 15.8. The predicted molar refractivity (Wildman–Crippen MR) is 115 cm³/mol. The van der Waals surface area contributed by atoms with Gasteiger partial charge in [0.05, 0.1) is 10.9 Å². The fourth-order valence-corrected chi connectivity index (χ4v) is 4.81. The van der Waals surface area contributed by atoms with Gasteiger partial charge in [-0.3, -0.25) is 13.8 Å². The Labute approximate surface area is 178 Å². The molecule has 160 valence electrons. The van der Waals surface area contributed by atoms with Crippen LogP contribution in [0.4, 0.5) is 5.69 Å². The number of carbonyl (C=O) groups is 2. The fraction of sp³-hybridized carbons (Fsp3) is 0.300. The molecule has 30 heavy (non-hydrogen) atoms. The second kappa shape index (κ2) is 9.50. The standard InChI is InChI=1S/C20H23N3O5S2/c1-29(26)13-18(14-5-3-2-4-6-14)22-20(25)19(24)21-15-9-11-17(12-10-15)30(27,28)23-16-7-8-16/h2-6,9-12,16,18,23H,7-8,13H2,1H3,(H,21,24)(H,22,25). The molecule has 3 N–H and O–H groups in total. The van der Waals surface area contributed by atoms with Gasteiger partial charge in [-0.1, -0.05) is 30.3 Å². The molecule has 1 aliphatic rings. The number of benzene rings is 2. The first-order chi connectivity index (χ1) is 14.2. The van der Waals surface area contributed by atoms with Crippen LogP contribution in [-0.2, 0) is 30.4 Å². The van der Waals surface area contributed by atoms with E-state index in [2.05, 4.69) is 15.4 Å². The van der Waals surface area contributed by atoms with E-state index >= 15 is 0 Å². The lowest BCUT2D eigenvalue weighted by Crippen LogP contribution is -2.39. The molecule has 0 spiro atoms. The van der Waals surface area contributed by atoms with Gasteiger partial charge in [0.1, 0.15) is 0 Å². The first-order valence-corrected chi connectivity index (χ1v) is 12.5. The van der Waals surface area contributed by atoms with Gasteiger partial charge in [0.2, 0.25) is 10.0 Å². The van der Waals surface area contributed by atoms with E-state index < -0.39 is 38.7 Å². The van der Waals surface area contributed by atoms with Gasteiger partial charge < -0.3 is 10.6 Å². The van der Waals surface area contributed by atoms with Crippen molar-refractivity contribution in [1.29, 1.82) is 0 Å². The van der Waals surface area contributed by atoms with Gasteiger partial charge in [0, 0.05) is 34.5 Å². The van der Waals surface area contributed by atoms with Crippen LogP contribution in [-0.4, -0.2) is 42.5 Å². The summed E-state index contributed by atoms with van der Waals surface area (Å²) in [4.78, 5) is 24.7. The molecule has 10 heteroatoms. The Kier molecular flexibility index (Phi) is 7.01. The second-order valence-corrected chi connectivity index (χ2v) is 10.2. The highest BCUT2D eigenvalue weighted by atomic mass is 32.2. The van der Waals surface area contributed by atoms with Crippen LogP contribution in [0.25, 0.3) is 0 Å². The van der Waals surface area contributed by atoms with E-state index in [0.717, 1.165) is 18.4 Å². The number of hydrogen-bond acceptors (Lipinski definition) is 5. The number of carbonyl (C=O) groups excluding carboxylic acids is 2. The van der Waals surface area contributed by atoms with Crippen LogP contribution in [0.3, 0.4) is 0 Å². The molecule has 8 nitrogen and oxygen atoms in total. The summed E-state index contributed by atoms with van der Waals surface area (Å²) in [5.41, 5.74) is 1.03. The molecule has 1 fully saturated rings. The molecule has 0 aliphatic heterocycles. The zero-order valence-electron chi connectivity index (χ0n) is 16.3. The lowest BCUT2D eigenvalue weighted by Gasteiger charge is -2.18. The van der Waals surface area contributed by atoms with Crippen LogP contribution in [0.2, 0.25) is 0 Å². The Morgan fingerprint density at radius 2 is 1.67 bits per heavy atom. The van der Waals surface area contributed by atoms with Gasteiger partial charge in [0.25, 0.3) is 0 Å². The summed E-state index contributed by atoms with van der Waals surface area (Å²) in [6.45, 7) is 0. The van der Waals surface area contributed by atoms with Crippen molar-refractivity contribution < 1.29 is 22.2 Å². The van der Waals surface area contributed by atoms with Crippen molar-refractivity contribution in [3.8, 4) is 0 Å². The molecule has 0 bridgehead atoms. The minimum atomic E-state index is -3.59. The zero-order valence-corrected chi connectivity index (χ0v) is 18.0. The van der Waals surface area contributed by atoms with E-state index in [4.69, 9.17) is 0 Å². The molecule has 1 saturated carbocycles. The van der Waals surface area contributed by atoms with Crippen LogP contribution < -0.4 is 15.4 Å². The lowest BCUT2D eigenvalue weighted by molar-refractivity contribution is -0.136. The van der Waals surface area contributed by atoms with E-state index in [9.17, 15) is 22.2 Å². The maximum atomic E-state index is 12.3. The summed E-state index contributed by atoms with van der Waals surface area (Å²) >= 11 is 0. The molecule has 2 amide bonds. The molecule has 3 rings (SSSR count). The van der Waals surface area contributed by atoms with Gasteiger partial charge in [-0.15, -0.1) is 0 Å². The highest BCUT2D eigenvalue weighted by molar-refractivity contribution is 7.89. The third kappa shape index (κ3) is 6.22. The minimum Gasteiger partial charge on any atom is -0.340 e. The van der Waals surface area contributed by atoms with Crippen LogP contribution in [0.15, 0.2) is 59.5 Å². The molecule has 2 atom stereocenters. The summed E-state index contributed by atoms with van der Waals surface area (Å²) in [7, 11) is -4.77. The first kappa shape index (κ1) is 22.1. The van der Waals surface area contributed by atoms with Gasteiger partial charge in [0.15, 0.2) is 0 Å². The van der Waals surface area contributed by atoms with E-state index in [0.29, 0.717) is 0 Å². The molecule has 0 heterocycles. The van der Waals surface area contributed by atoms with Crippen molar-refractivity contribution in [2.75, 3.05) is 17.3 Å². The van der Waals surface area contributed by atoms with Crippen molar-refractivity contribution in [2.45, 2.75) is 29.8 Å². The third-order valence-electron chi connectivity index (χ3n) is 4.44. The molecular weight excluding hydrogens is 426 g/mol. The largest absolute Gasteiger partial charge is 0.340 e. The topological polar surface area (TPSA) is 121 Å². The van der Waals surface area contributed by atoms with Crippen LogP contribution in [0.1, 0.15) is 24.4 Å². The van der Waals surface area contributed by atoms with Crippen molar-refractivity contribution in [1.82, 2.24) is 10.0 Å². The SMILES string of the molecule is CS(=O)CC(NC(=O)C(=O)Nc1ccc(S(=O)(=O)NC2CC2)cc1)c1ccccc1. The summed E-state index contributed by atoms with van der Waals surface area (Å²) in [5.74, 6) is -1.60. The Morgan fingerprint density at radius 3 is 2.23 bits per heavy atom. The average molecular weight is 450 g/mol. The fourth-order valence-electron chi connectivity index (χ4n) is 2.76. The number of hydrogen-bond donors (Lipinski definition) is 3. The number of amides is 2. The predicted octanol–water partition coefficient (Wildman–Crippen LogP) is 1.30. The van der Waals surface area contributed by atoms with Gasteiger partial charge in [-0.25, -0.2) is 13.1 Å². The van der Waals surface area contributed by atoms with Crippen molar-refractivity contribution in [3.63, 3.8) is 0 Å². The van der Waals surface area contributed by atoms with Gasteiger partial charge >= 0.3 is 11.8 Å². The minimum absolute atomic E-state index is 0.00640. The number of rotatable bonds is 8. The molecule has 0 aromatic heterocycles. The third-order valence-corrected chi connectivity index (χ3v) is 6.78.